The Morgan fingerprint density at radius 1 is 1.74 bits per heavy atom. The second-order valence-corrected chi connectivity index (χ2v) is 4.86. The highest BCUT2D eigenvalue weighted by molar-refractivity contribution is 6.31. The number of likely N-dealkylation sites (tertiary alicyclic amines) is 1. The number of amides is 1. The van der Waals surface area contributed by atoms with Crippen LogP contribution in [-0.4, -0.2) is 40.5 Å². The van der Waals surface area contributed by atoms with E-state index >= 15 is 0 Å². The molecule has 100 valence electrons. The molecule has 1 aliphatic heterocycles. The van der Waals surface area contributed by atoms with Crippen molar-refractivity contribution in [3.63, 3.8) is 0 Å². The van der Waals surface area contributed by atoms with Crippen LogP contribution in [0.15, 0.2) is 12.3 Å². The first-order valence-electron chi connectivity index (χ1n) is 5.77. The predicted molar refractivity (Wildman–Crippen MR) is 69.7 cm³/mol. The van der Waals surface area contributed by atoms with Crippen LogP contribution in [-0.2, 0) is 4.79 Å². The van der Waals surface area contributed by atoms with Gasteiger partial charge in [0.15, 0.2) is 10.9 Å². The number of nitrogens with zero attached hydrogens (tertiary/aromatic N) is 3. The molecule has 7 heteroatoms. The summed E-state index contributed by atoms with van der Waals surface area (Å²) >= 11 is 5.66. The maximum Gasteiger partial charge on any atom is 0.228 e. The molecule has 2 rings (SSSR count). The highest BCUT2D eigenvalue weighted by atomic mass is 35.5. The number of carbonyl (C=O) groups is 1. The van der Waals surface area contributed by atoms with E-state index in [1.165, 1.54) is 12.3 Å². The summed E-state index contributed by atoms with van der Waals surface area (Å²) in [5.41, 5.74) is 0.230. The lowest BCUT2D eigenvalue weighted by Crippen LogP contribution is -2.26. The molecule has 2 atom stereocenters. The molecule has 1 saturated heterocycles. The van der Waals surface area contributed by atoms with Gasteiger partial charge in [-0.25, -0.2) is 4.98 Å². The zero-order chi connectivity index (χ0) is 14.0. The summed E-state index contributed by atoms with van der Waals surface area (Å²) < 4.78 is 0. The molecule has 0 spiro atoms. The van der Waals surface area contributed by atoms with Gasteiger partial charge in [0.1, 0.15) is 0 Å². The molecule has 0 saturated carbocycles. The Balaban J connectivity index is 2.07. The van der Waals surface area contributed by atoms with Crippen molar-refractivity contribution in [2.75, 3.05) is 18.9 Å². The molecule has 0 aliphatic carbocycles. The van der Waals surface area contributed by atoms with Crippen LogP contribution in [0.4, 0.5) is 5.69 Å². The molecule has 1 aromatic heterocycles. The van der Waals surface area contributed by atoms with Crippen molar-refractivity contribution in [1.29, 1.82) is 5.26 Å². The largest absolute Gasteiger partial charge is 0.503 e. The number of rotatable bonds is 2. The van der Waals surface area contributed by atoms with E-state index in [-0.39, 0.29) is 34.5 Å². The lowest BCUT2D eigenvalue weighted by Gasteiger charge is -2.12. The smallest absolute Gasteiger partial charge is 0.228 e. The van der Waals surface area contributed by atoms with E-state index in [2.05, 4.69) is 16.4 Å². The maximum atomic E-state index is 12.1. The van der Waals surface area contributed by atoms with Gasteiger partial charge in [0.2, 0.25) is 5.91 Å². The van der Waals surface area contributed by atoms with Crippen molar-refractivity contribution in [1.82, 2.24) is 9.88 Å². The van der Waals surface area contributed by atoms with Crippen molar-refractivity contribution >= 4 is 23.2 Å². The average molecular weight is 281 g/mol. The second kappa shape index (κ2) is 5.43. The molecule has 0 aromatic carbocycles. The third kappa shape index (κ3) is 2.78. The summed E-state index contributed by atoms with van der Waals surface area (Å²) in [5.74, 6) is -0.760. The Labute approximate surface area is 115 Å². The molecule has 0 bridgehead atoms. The molecule has 2 heterocycles. The minimum Gasteiger partial charge on any atom is -0.503 e. The molecule has 1 aromatic rings. The van der Waals surface area contributed by atoms with Gasteiger partial charge in [-0.2, -0.15) is 5.26 Å². The van der Waals surface area contributed by atoms with Crippen LogP contribution in [0.1, 0.15) is 6.42 Å². The molecule has 0 radical (unpaired) electrons. The topological polar surface area (TPSA) is 89.2 Å². The van der Waals surface area contributed by atoms with Crippen LogP contribution in [0.25, 0.3) is 0 Å². The first kappa shape index (κ1) is 13.6. The summed E-state index contributed by atoms with van der Waals surface area (Å²) in [6, 6.07) is 3.38. The Hall–Kier alpha value is -1.84. The minimum atomic E-state index is -0.277. The van der Waals surface area contributed by atoms with E-state index in [9.17, 15) is 9.90 Å². The number of nitrogens with one attached hydrogen (secondary N) is 1. The number of pyridine rings is 1. The first-order valence-corrected chi connectivity index (χ1v) is 6.15. The number of aromatic hydroxyl groups is 1. The summed E-state index contributed by atoms with van der Waals surface area (Å²) in [4.78, 5) is 17.6. The number of aromatic nitrogens is 1. The van der Waals surface area contributed by atoms with E-state index in [0.717, 1.165) is 0 Å². The summed E-state index contributed by atoms with van der Waals surface area (Å²) in [5, 5.41) is 21.1. The van der Waals surface area contributed by atoms with Crippen molar-refractivity contribution in [2.24, 2.45) is 5.92 Å². The lowest BCUT2D eigenvalue weighted by molar-refractivity contribution is -0.119. The minimum absolute atomic E-state index is 0.0590. The van der Waals surface area contributed by atoms with Crippen LogP contribution in [0.2, 0.25) is 5.15 Å². The molecule has 1 aliphatic rings. The fourth-order valence-electron chi connectivity index (χ4n) is 2.10. The zero-order valence-corrected chi connectivity index (χ0v) is 11.1. The van der Waals surface area contributed by atoms with E-state index in [1.807, 2.05) is 11.9 Å². The van der Waals surface area contributed by atoms with Gasteiger partial charge < -0.3 is 10.4 Å². The Kier molecular flexibility index (Phi) is 3.88. The molecular formula is C12H13ClN4O2. The van der Waals surface area contributed by atoms with Gasteiger partial charge in [0.05, 0.1) is 23.7 Å². The fourth-order valence-corrected chi connectivity index (χ4v) is 2.26. The van der Waals surface area contributed by atoms with E-state index in [1.54, 1.807) is 0 Å². The number of carbonyl (C=O) groups excluding carboxylic acids is 1. The standard InChI is InChI=1S/C12H13ClN4O2/c1-17-6-7(4-8(17)5-14)12(19)16-9-2-3-15-11(13)10(9)18/h2-3,7-8,18H,4,6H2,1H3,(H,15,16,19). The monoisotopic (exact) mass is 280 g/mol. The van der Waals surface area contributed by atoms with Crippen LogP contribution in [0.5, 0.6) is 5.75 Å². The van der Waals surface area contributed by atoms with Crippen molar-refractivity contribution < 1.29 is 9.90 Å². The van der Waals surface area contributed by atoms with Crippen molar-refractivity contribution in [3.8, 4) is 11.8 Å². The molecular weight excluding hydrogens is 268 g/mol. The van der Waals surface area contributed by atoms with Crippen LogP contribution in [0.3, 0.4) is 0 Å². The molecule has 19 heavy (non-hydrogen) atoms. The second-order valence-electron chi connectivity index (χ2n) is 4.50. The average Bonchev–Trinajstić information content (AvgIpc) is 2.76. The van der Waals surface area contributed by atoms with E-state index in [0.29, 0.717) is 13.0 Å². The highest BCUT2D eigenvalue weighted by Gasteiger charge is 2.34. The van der Waals surface area contributed by atoms with Crippen LogP contribution in [0, 0.1) is 17.2 Å². The van der Waals surface area contributed by atoms with E-state index in [4.69, 9.17) is 16.9 Å². The first-order chi connectivity index (χ1) is 9.02. The summed E-state index contributed by atoms with van der Waals surface area (Å²) in [6.45, 7) is 0.517. The fraction of sp³-hybridized carbons (Fsp3) is 0.417. The van der Waals surface area contributed by atoms with Gasteiger partial charge in [-0.15, -0.1) is 0 Å². The third-order valence-electron chi connectivity index (χ3n) is 3.21. The number of hydrogen-bond acceptors (Lipinski definition) is 5. The SMILES string of the molecule is CN1CC(C(=O)Nc2ccnc(Cl)c2O)CC1C#N. The maximum absolute atomic E-state index is 12.1. The van der Waals surface area contributed by atoms with Gasteiger partial charge in [-0.1, -0.05) is 11.6 Å². The highest BCUT2D eigenvalue weighted by Crippen LogP contribution is 2.30. The van der Waals surface area contributed by atoms with Gasteiger partial charge in [0, 0.05) is 12.7 Å². The van der Waals surface area contributed by atoms with Crippen LogP contribution >= 0.6 is 11.6 Å². The Morgan fingerprint density at radius 2 is 2.47 bits per heavy atom. The molecule has 1 fully saturated rings. The quantitative estimate of drug-likeness (QED) is 0.795. The number of hydrogen-bond donors (Lipinski definition) is 2. The predicted octanol–water partition coefficient (Wildman–Crippen LogP) is 1.22. The van der Waals surface area contributed by atoms with Crippen molar-refractivity contribution in [3.05, 3.63) is 17.4 Å². The summed E-state index contributed by atoms with van der Waals surface area (Å²) in [7, 11) is 1.81. The molecule has 6 nitrogen and oxygen atoms in total. The summed E-state index contributed by atoms with van der Waals surface area (Å²) in [6.07, 6.45) is 1.88. The lowest BCUT2D eigenvalue weighted by atomic mass is 10.1. The Morgan fingerprint density at radius 3 is 3.11 bits per heavy atom. The van der Waals surface area contributed by atoms with Gasteiger partial charge in [-0.05, 0) is 19.5 Å². The van der Waals surface area contributed by atoms with E-state index < -0.39 is 0 Å². The van der Waals surface area contributed by atoms with Crippen LogP contribution < -0.4 is 5.32 Å². The number of anilines is 1. The van der Waals surface area contributed by atoms with Crippen molar-refractivity contribution in [2.45, 2.75) is 12.5 Å². The number of nitriles is 1. The third-order valence-corrected chi connectivity index (χ3v) is 3.48. The Bertz CT molecular complexity index is 543. The number of halogens is 1. The normalized spacial score (nSPS) is 23.0. The van der Waals surface area contributed by atoms with Gasteiger partial charge in [0.25, 0.3) is 0 Å². The van der Waals surface area contributed by atoms with Gasteiger partial charge >= 0.3 is 0 Å². The molecule has 2 unspecified atom stereocenters. The zero-order valence-electron chi connectivity index (χ0n) is 10.3. The van der Waals surface area contributed by atoms with Gasteiger partial charge in [-0.3, -0.25) is 9.69 Å². The molecule has 1 amide bonds. The molecule has 2 N–H and O–H groups in total.